The second kappa shape index (κ2) is 14.7. The van der Waals surface area contributed by atoms with Crippen LogP contribution in [-0.2, 0) is 12.7 Å². The maximum atomic E-state index is 14.6. The number of alkyl halides is 3. The fourth-order valence-electron chi connectivity index (χ4n) is 5.18. The number of aryl methyl sites for hydroxylation is 1. The average Bonchev–Trinajstić information content (AvgIpc) is 2.99. The van der Waals surface area contributed by atoms with Crippen LogP contribution in [0.15, 0.2) is 57.7 Å². The lowest BCUT2D eigenvalue weighted by Crippen LogP contribution is -2.31. The minimum atomic E-state index is -5.11. The van der Waals surface area contributed by atoms with Crippen molar-refractivity contribution in [1.82, 2.24) is 4.90 Å². The largest absolute Gasteiger partial charge is 0.493 e. The monoisotopic (exact) mass is 675 g/mol. The summed E-state index contributed by atoms with van der Waals surface area (Å²) in [5.41, 5.74) is -0.647. The minimum Gasteiger partial charge on any atom is -0.493 e. The number of esters is 1. The second-order valence-electron chi connectivity index (χ2n) is 12.0. The number of rotatable bonds is 12. The van der Waals surface area contributed by atoms with Gasteiger partial charge in [0.1, 0.15) is 17.1 Å². The summed E-state index contributed by atoms with van der Waals surface area (Å²) in [6, 6.07) is 11.3. The molecule has 0 N–H and O–H groups in total. The molecule has 47 heavy (non-hydrogen) atoms. The zero-order chi connectivity index (χ0) is 34.6. The summed E-state index contributed by atoms with van der Waals surface area (Å²) >= 11 is 6.07. The van der Waals surface area contributed by atoms with Crippen LogP contribution in [0.5, 0.6) is 28.7 Å². The van der Waals surface area contributed by atoms with E-state index in [1.807, 2.05) is 32.6 Å². The van der Waals surface area contributed by atoms with Gasteiger partial charge in [-0.15, -0.1) is 0 Å². The molecule has 0 aliphatic heterocycles. The molecule has 0 bridgehead atoms. The third kappa shape index (κ3) is 8.39. The van der Waals surface area contributed by atoms with Crippen LogP contribution in [0.4, 0.5) is 13.2 Å². The molecule has 0 radical (unpaired) electrons. The van der Waals surface area contributed by atoms with Crippen LogP contribution in [0.25, 0.3) is 11.0 Å². The van der Waals surface area contributed by atoms with Crippen molar-refractivity contribution in [2.75, 3.05) is 27.3 Å². The van der Waals surface area contributed by atoms with Gasteiger partial charge in [0, 0.05) is 24.7 Å². The molecule has 0 atom stereocenters. The lowest BCUT2D eigenvalue weighted by atomic mass is 10.1. The van der Waals surface area contributed by atoms with Crippen molar-refractivity contribution in [2.45, 2.75) is 47.3 Å². The Hall–Kier alpha value is -4.22. The summed E-state index contributed by atoms with van der Waals surface area (Å²) in [6.45, 7) is 10.9. The first-order valence-corrected chi connectivity index (χ1v) is 15.3. The number of methoxy groups -OCH3 is 2. The molecular weight excluding hydrogens is 639 g/mol. The molecule has 0 fully saturated rings. The number of fused-ring (bicyclic) bond motifs is 1. The van der Waals surface area contributed by atoms with E-state index in [0.29, 0.717) is 29.4 Å². The molecule has 0 aliphatic rings. The van der Waals surface area contributed by atoms with Crippen molar-refractivity contribution in [3.63, 3.8) is 0 Å². The Morgan fingerprint density at radius 2 is 1.55 bits per heavy atom. The van der Waals surface area contributed by atoms with Crippen molar-refractivity contribution >= 4 is 28.5 Å². The van der Waals surface area contributed by atoms with Gasteiger partial charge in [0.25, 0.3) is 5.76 Å². The van der Waals surface area contributed by atoms with Gasteiger partial charge in [-0.3, -0.25) is 9.69 Å². The van der Waals surface area contributed by atoms with Gasteiger partial charge in [-0.1, -0.05) is 39.3 Å². The zero-order valence-electron chi connectivity index (χ0n) is 27.2. The van der Waals surface area contributed by atoms with Crippen molar-refractivity contribution in [2.24, 2.45) is 11.8 Å². The topological polar surface area (TPSA) is 87.4 Å². The van der Waals surface area contributed by atoms with E-state index in [2.05, 4.69) is 0 Å². The van der Waals surface area contributed by atoms with Crippen LogP contribution < -0.4 is 24.4 Å². The third-order valence-corrected chi connectivity index (χ3v) is 7.56. The Balaban J connectivity index is 1.93. The summed E-state index contributed by atoms with van der Waals surface area (Å²) < 4.78 is 71.1. The number of benzene rings is 3. The van der Waals surface area contributed by atoms with Crippen molar-refractivity contribution in [3.05, 3.63) is 86.2 Å². The summed E-state index contributed by atoms with van der Waals surface area (Å²) in [4.78, 5) is 29.2. The third-order valence-electron chi connectivity index (χ3n) is 7.14. The fourth-order valence-corrected chi connectivity index (χ4v) is 5.30. The van der Waals surface area contributed by atoms with E-state index in [-0.39, 0.29) is 57.7 Å². The van der Waals surface area contributed by atoms with Crippen LogP contribution >= 0.6 is 11.6 Å². The van der Waals surface area contributed by atoms with Gasteiger partial charge in [0.05, 0.1) is 30.7 Å². The second-order valence-corrected chi connectivity index (χ2v) is 12.4. The Morgan fingerprint density at radius 3 is 2.13 bits per heavy atom. The van der Waals surface area contributed by atoms with Gasteiger partial charge in [0.2, 0.25) is 11.2 Å². The van der Waals surface area contributed by atoms with E-state index in [9.17, 15) is 22.8 Å². The molecule has 252 valence electrons. The summed E-state index contributed by atoms with van der Waals surface area (Å²) in [5.74, 6) is -2.46. The van der Waals surface area contributed by atoms with Crippen molar-refractivity contribution in [3.8, 4) is 28.7 Å². The van der Waals surface area contributed by atoms with Gasteiger partial charge < -0.3 is 23.4 Å². The molecule has 4 aromatic rings. The first-order valence-electron chi connectivity index (χ1n) is 14.9. The Kier molecular flexibility index (Phi) is 11.1. The van der Waals surface area contributed by atoms with E-state index in [1.165, 1.54) is 62.8 Å². The molecule has 0 unspecified atom stereocenters. The smallest absolute Gasteiger partial charge is 0.453 e. The molecule has 0 amide bonds. The molecule has 0 aliphatic carbocycles. The minimum absolute atomic E-state index is 0.0233. The van der Waals surface area contributed by atoms with Crippen LogP contribution in [0.2, 0.25) is 5.02 Å². The van der Waals surface area contributed by atoms with Gasteiger partial charge in [0.15, 0.2) is 11.5 Å². The number of ether oxygens (including phenoxy) is 4. The maximum absolute atomic E-state index is 14.6. The number of halogens is 4. The number of hydrogen-bond acceptors (Lipinski definition) is 8. The normalized spacial score (nSPS) is 11.9. The number of nitrogens with zero attached hydrogens (tertiary/aromatic N) is 1. The first-order chi connectivity index (χ1) is 22.1. The molecule has 12 heteroatoms. The summed E-state index contributed by atoms with van der Waals surface area (Å²) in [6.07, 6.45) is -5.11. The van der Waals surface area contributed by atoms with Crippen LogP contribution in [-0.4, -0.2) is 38.2 Å². The summed E-state index contributed by atoms with van der Waals surface area (Å²) in [5, 5.41) is 0.208. The highest BCUT2D eigenvalue weighted by atomic mass is 35.5. The molecular formula is C35H37ClF3NO7. The molecule has 1 aromatic heterocycles. The predicted octanol–water partition coefficient (Wildman–Crippen LogP) is 8.92. The number of carbonyl (C=O) groups excluding carboxylic acids is 1. The first kappa shape index (κ1) is 35.6. The van der Waals surface area contributed by atoms with E-state index in [0.717, 1.165) is 0 Å². The van der Waals surface area contributed by atoms with Crippen LogP contribution in [0, 0.1) is 18.8 Å². The lowest BCUT2D eigenvalue weighted by Gasteiger charge is -2.27. The zero-order valence-corrected chi connectivity index (χ0v) is 28.0. The van der Waals surface area contributed by atoms with Gasteiger partial charge in [-0.25, -0.2) is 4.79 Å². The quantitative estimate of drug-likeness (QED) is 0.109. The van der Waals surface area contributed by atoms with Gasteiger partial charge >= 0.3 is 12.1 Å². The molecule has 3 aromatic carbocycles. The highest BCUT2D eigenvalue weighted by molar-refractivity contribution is 6.31. The molecule has 0 saturated carbocycles. The molecule has 1 heterocycles. The summed E-state index contributed by atoms with van der Waals surface area (Å²) in [7, 11) is 2.87. The number of carbonyl (C=O) groups is 1. The van der Waals surface area contributed by atoms with E-state index in [4.69, 9.17) is 35.0 Å². The number of hydrogen-bond donors (Lipinski definition) is 0. The SMILES string of the molecule is COc1ccc(C(=O)Oc2ccc3c(=O)c(Oc4ccc(Cl)c(C)c4)c(C(F)(F)F)oc3c2CN(CC(C)C)CC(C)C)cc1OC. The highest BCUT2D eigenvalue weighted by Gasteiger charge is 2.41. The Labute approximate surface area is 275 Å². The molecule has 8 nitrogen and oxygen atoms in total. The van der Waals surface area contributed by atoms with E-state index < -0.39 is 29.1 Å². The Bertz CT molecular complexity index is 1810. The lowest BCUT2D eigenvalue weighted by molar-refractivity contribution is -0.154. The van der Waals surface area contributed by atoms with Crippen molar-refractivity contribution < 1.29 is 41.3 Å². The molecule has 0 spiro atoms. The van der Waals surface area contributed by atoms with Gasteiger partial charge in [-0.2, -0.15) is 13.2 Å². The van der Waals surface area contributed by atoms with E-state index >= 15 is 0 Å². The maximum Gasteiger partial charge on any atom is 0.453 e. The average molecular weight is 676 g/mol. The fraction of sp³-hybridized carbons (Fsp3) is 0.371. The van der Waals surface area contributed by atoms with Crippen LogP contribution in [0.3, 0.4) is 0 Å². The Morgan fingerprint density at radius 1 is 0.915 bits per heavy atom. The predicted molar refractivity (Wildman–Crippen MR) is 173 cm³/mol. The van der Waals surface area contributed by atoms with Crippen molar-refractivity contribution in [1.29, 1.82) is 0 Å². The molecule has 0 saturated heterocycles. The molecule has 4 rings (SSSR count). The van der Waals surface area contributed by atoms with E-state index in [1.54, 1.807) is 6.92 Å². The highest BCUT2D eigenvalue weighted by Crippen LogP contribution is 2.41. The van der Waals surface area contributed by atoms with Gasteiger partial charge in [-0.05, 0) is 72.9 Å². The standard InChI is InChI=1S/C35H37ClF3NO7/c1-19(2)16-40(17-20(3)4)18-25-27(46-34(42)22-8-12-28(43-6)29(15-22)44-7)13-10-24-30(41)32(33(35(37,38)39)47-31(24)25)45-23-9-11-26(36)21(5)14-23/h8-15,19-20H,16-18H2,1-7H3. The van der Waals surface area contributed by atoms with Crippen LogP contribution in [0.1, 0.15) is 54.9 Å².